The number of H-pyrrole nitrogens is 4. The van der Waals surface area contributed by atoms with Gasteiger partial charge >= 0.3 is 12.1 Å². The first kappa shape index (κ1) is 78.7. The van der Waals surface area contributed by atoms with E-state index in [1.54, 1.807) is 159 Å². The number of rotatable bonds is 25. The highest BCUT2D eigenvalue weighted by atomic mass is 32.1. The molecule has 39 nitrogen and oxygen atoms in total. The zero-order chi connectivity index (χ0) is 91.1. The summed E-state index contributed by atoms with van der Waals surface area (Å²) in [7, 11) is 0. The molecule has 16 aromatic rings. The van der Waals surface area contributed by atoms with Crippen LogP contribution < -0.4 is 21.3 Å². The number of pyridine rings is 4. The maximum atomic E-state index is 13.0. The zero-order valence-corrected chi connectivity index (χ0v) is 70.1. The Morgan fingerprint density at radius 2 is 0.841 bits per heavy atom. The molecule has 44 heteroatoms. The summed E-state index contributed by atoms with van der Waals surface area (Å²) >= 11 is 5.38. The number of hydrogen-bond donors (Lipinski definition) is 8. The number of carbonyl (C=O) groups is 6. The van der Waals surface area contributed by atoms with E-state index in [9.17, 15) is 33.2 Å². The van der Waals surface area contributed by atoms with Crippen molar-refractivity contribution in [2.45, 2.75) is 70.7 Å². The molecule has 19 rings (SSSR count). The van der Waals surface area contributed by atoms with Gasteiger partial charge in [-0.15, -0.1) is 45.3 Å². The van der Waals surface area contributed by atoms with Crippen LogP contribution in [0, 0.1) is 0 Å². The van der Waals surface area contributed by atoms with Crippen LogP contribution in [0.5, 0.6) is 0 Å². The Kier molecular flexibility index (Phi) is 25.1. The number of alkyl halides is 1. The molecule has 0 aromatic carbocycles. The fourth-order valence-corrected chi connectivity index (χ4v) is 16.2. The van der Waals surface area contributed by atoms with E-state index in [-0.39, 0.29) is 59.8 Å². The summed E-state index contributed by atoms with van der Waals surface area (Å²) in [5.74, 6) is -1.55. The zero-order valence-electron chi connectivity index (χ0n) is 71.8. The average molecular weight is 1780 g/mol. The standard InChI is InChI=1S/C21H20FN7O2S.C21H21N7O2S.C20H18N8O3S.C20H20N8O2S/c22-4-6-31-15-7-14(8-15)29-11-17(19(28-29)16-3-1-2-5-23-16)26-20(30)18-12-32-21(27-18)13-9-24-25-10-13;1-2-30-15-7-14(8-15)28-11-17(19(27-28)16-5-3-4-6-22-16)25-20(29)18-12-31-21(26-18)13-9-23-24-10-13;29-18(16-12-32-19(25-16)13-9-22-23-10-13)24-15-11-28(20(30)27-5-7-31-8-6-27)26-17(15)14-3-1-2-4-21-14;1-3-27(4-2)20(30)28-11-15(17(26-28)14-7-5-6-8-21-14)24-18(29)16-12-31-19(25-16)13-9-22-23-10-13/h1-3,5,9-12,14-15H,4,6-8H2,(H,24,25)(H,26,30);3-6,9-12,14-15H,2,7-8H2,1H3,(H,23,24)(H,25,29);1-4,9-12H,5-8H2,(H,22,23)(H,24,29);5-12H,3-4H2,1-2H3,(H,22,23)(H,24,29)/i;1D3,2D2;;. The van der Waals surface area contributed by atoms with E-state index in [0.717, 1.165) is 35.1 Å². The molecule has 6 amide bonds. The first-order valence-corrected chi connectivity index (χ1v) is 42.7. The van der Waals surface area contributed by atoms with Crippen LogP contribution in [0.1, 0.15) is 107 Å². The van der Waals surface area contributed by atoms with Crippen molar-refractivity contribution >= 4 is 104 Å². The van der Waals surface area contributed by atoms with Crippen molar-refractivity contribution in [2.24, 2.45) is 0 Å². The van der Waals surface area contributed by atoms with Gasteiger partial charge in [0, 0.05) is 143 Å². The lowest BCUT2D eigenvalue weighted by molar-refractivity contribution is -0.0329. The van der Waals surface area contributed by atoms with Gasteiger partial charge in [-0.3, -0.25) is 68.9 Å². The molecule has 126 heavy (non-hydrogen) atoms. The number of thiazole rings is 4. The van der Waals surface area contributed by atoms with E-state index in [0.29, 0.717) is 146 Å². The van der Waals surface area contributed by atoms with Crippen LogP contribution in [0.3, 0.4) is 0 Å². The Morgan fingerprint density at radius 3 is 1.17 bits per heavy atom. The summed E-state index contributed by atoms with van der Waals surface area (Å²) in [6.07, 6.45) is 28.2. The van der Waals surface area contributed by atoms with Gasteiger partial charge in [0.25, 0.3) is 23.6 Å². The van der Waals surface area contributed by atoms with Gasteiger partial charge in [0.15, 0.2) is 0 Å². The topological polar surface area (TPSA) is 474 Å². The molecule has 0 unspecified atom stereocenters. The Balaban J connectivity index is 0.000000128. The molecule has 0 bridgehead atoms. The lowest BCUT2D eigenvalue weighted by Crippen LogP contribution is -2.43. The molecule has 16 aromatic heterocycles. The lowest BCUT2D eigenvalue weighted by atomic mass is 9.89. The number of aromatic amines is 4. The Morgan fingerprint density at radius 1 is 0.492 bits per heavy atom. The minimum Gasteiger partial charge on any atom is -0.378 e. The Hall–Kier alpha value is -14.6. The predicted molar refractivity (Wildman–Crippen MR) is 467 cm³/mol. The number of anilines is 4. The number of halogens is 1. The average Bonchev–Trinajstić information content (AvgIpc) is 1.65. The number of nitrogens with zero attached hydrogens (tertiary/aromatic N) is 22. The molecule has 17 heterocycles. The minimum atomic E-state index is -2.87. The van der Waals surface area contributed by atoms with Gasteiger partial charge in [-0.2, -0.15) is 50.2 Å². The van der Waals surface area contributed by atoms with Crippen molar-refractivity contribution < 1.29 is 54.2 Å². The van der Waals surface area contributed by atoms with E-state index < -0.39 is 43.9 Å². The van der Waals surface area contributed by atoms with E-state index in [1.807, 2.05) is 54.9 Å². The molecule has 2 aliphatic carbocycles. The van der Waals surface area contributed by atoms with Crippen LogP contribution in [0.4, 0.5) is 36.7 Å². The normalized spacial score (nSPS) is 15.9. The highest BCUT2D eigenvalue weighted by Gasteiger charge is 2.36. The van der Waals surface area contributed by atoms with Gasteiger partial charge in [0.2, 0.25) is 0 Å². The highest BCUT2D eigenvalue weighted by molar-refractivity contribution is 7.14. The summed E-state index contributed by atoms with van der Waals surface area (Å²) in [5.41, 5.74) is 10.2. The van der Waals surface area contributed by atoms with Crippen LogP contribution in [0.15, 0.2) is 193 Å². The third-order valence-corrected chi connectivity index (χ3v) is 23.3. The molecule has 0 radical (unpaired) electrons. The smallest absolute Gasteiger partial charge is 0.344 e. The van der Waals surface area contributed by atoms with Crippen molar-refractivity contribution in [3.8, 4) is 87.8 Å². The number of morpholine rings is 1. The number of carbonyl (C=O) groups excluding carboxylic acids is 6. The molecule has 3 aliphatic rings. The fraction of sp³-hybridized carbons (Fsp3) is 0.244. The molecule has 1 aliphatic heterocycles. The summed E-state index contributed by atoms with van der Waals surface area (Å²) < 4.78 is 71.5. The van der Waals surface area contributed by atoms with Crippen molar-refractivity contribution in [1.29, 1.82) is 0 Å². The van der Waals surface area contributed by atoms with E-state index >= 15 is 0 Å². The maximum Gasteiger partial charge on any atom is 0.344 e. The monoisotopic (exact) mass is 1780 g/mol. The Bertz CT molecular complexity index is 6510. The van der Waals surface area contributed by atoms with Gasteiger partial charge in [0.1, 0.15) is 72.3 Å². The second-order valence-electron chi connectivity index (χ2n) is 27.8. The predicted octanol–water partition coefficient (Wildman–Crippen LogP) is 13.2. The van der Waals surface area contributed by atoms with Crippen LogP contribution in [0.2, 0.25) is 0 Å². The summed E-state index contributed by atoms with van der Waals surface area (Å²) in [6.45, 7) is 0.835. The van der Waals surface area contributed by atoms with Crippen molar-refractivity contribution in [3.05, 3.63) is 216 Å². The largest absolute Gasteiger partial charge is 0.378 e. The van der Waals surface area contributed by atoms with Crippen LogP contribution in [-0.2, 0) is 14.2 Å². The third kappa shape index (κ3) is 20.2. The minimum absolute atomic E-state index is 0.0349. The van der Waals surface area contributed by atoms with E-state index in [1.165, 1.54) is 67.1 Å². The van der Waals surface area contributed by atoms with Gasteiger partial charge in [-0.1, -0.05) is 24.3 Å². The van der Waals surface area contributed by atoms with Crippen LogP contribution in [0.25, 0.3) is 87.8 Å². The number of aromatic nitrogens is 24. The highest BCUT2D eigenvalue weighted by Crippen LogP contribution is 2.40. The van der Waals surface area contributed by atoms with Gasteiger partial charge in [-0.25, -0.2) is 33.9 Å². The Labute approximate surface area is 738 Å². The first-order chi connectivity index (χ1) is 63.6. The van der Waals surface area contributed by atoms with E-state index in [4.69, 9.17) is 21.1 Å². The number of ether oxygens (including phenoxy) is 3. The molecule has 0 atom stereocenters. The third-order valence-electron chi connectivity index (χ3n) is 19.7. The van der Waals surface area contributed by atoms with Gasteiger partial charge < -0.3 is 45.3 Å². The number of hydrogen-bond acceptors (Lipinski definition) is 29. The number of nitrogens with one attached hydrogen (secondary N) is 8. The summed E-state index contributed by atoms with van der Waals surface area (Å²) in [5, 5.41) is 65.6. The lowest BCUT2D eigenvalue weighted by Gasteiger charge is -2.34. The quantitative estimate of drug-likeness (QED) is 0.0263. The molecule has 2 saturated carbocycles. The molecular weight excluding hydrogens is 1700 g/mol. The van der Waals surface area contributed by atoms with Crippen LogP contribution >= 0.6 is 45.3 Å². The molecule has 8 N–H and O–H groups in total. The molecule has 1 saturated heterocycles. The van der Waals surface area contributed by atoms with Crippen molar-refractivity contribution in [1.82, 2.24) is 130 Å². The van der Waals surface area contributed by atoms with Gasteiger partial charge in [0.05, 0.1) is 130 Å². The maximum absolute atomic E-state index is 13.0. The van der Waals surface area contributed by atoms with E-state index in [2.05, 4.69) is 122 Å². The second-order valence-corrected chi connectivity index (χ2v) is 31.2. The first-order valence-electron chi connectivity index (χ1n) is 41.7. The molecular formula is C82H79FN30O9S4. The fourth-order valence-electron chi connectivity index (χ4n) is 13.1. The summed E-state index contributed by atoms with van der Waals surface area (Å²) in [6, 6.07) is 21.0. The van der Waals surface area contributed by atoms with Crippen LogP contribution in [-0.4, -0.2) is 237 Å². The molecule has 0 spiro atoms. The molecule has 3 fully saturated rings. The molecule has 642 valence electrons. The number of amides is 6. The van der Waals surface area contributed by atoms with Gasteiger partial charge in [-0.05, 0) is 94.9 Å². The van der Waals surface area contributed by atoms with Crippen molar-refractivity contribution in [2.75, 3.05) is 80.5 Å². The van der Waals surface area contributed by atoms with Crippen molar-refractivity contribution in [3.63, 3.8) is 0 Å². The SMILES string of the molecule is CCN(CC)C(=O)n1cc(NC(=O)c2csc(-c3cn[nH]c3)n2)c(-c2ccccn2)n1.O=C(Nc1cn(C(=O)N2CCOCC2)nc1-c1ccccn1)c1csc(-c2cn[nH]c2)n1.O=C(Nc1cn(C2CC(OCCF)C2)nc1-c1ccccn1)c1csc(-c2cn[nH]c2)n1.[2H]C([2H])([2H])C([2H])([2H])OC1CC(n2cc(NC(=O)c3csc(-c4cn[nH]c4)n3)c(-c3ccccn3)n2)C1. The summed E-state index contributed by atoms with van der Waals surface area (Å²) in [4.78, 5) is 116. The second kappa shape index (κ2) is 40.2.